The molecule has 3 heterocycles. The van der Waals surface area contributed by atoms with Crippen LogP contribution in [0.2, 0.25) is 0 Å². The zero-order valence-electron chi connectivity index (χ0n) is 30.6. The number of nitrogens with zero attached hydrogens (tertiary/aromatic N) is 3. The summed E-state index contributed by atoms with van der Waals surface area (Å²) in [6.45, 7) is 11.5. The van der Waals surface area contributed by atoms with Crippen molar-refractivity contribution in [3.63, 3.8) is 0 Å². The van der Waals surface area contributed by atoms with Gasteiger partial charge in [-0.15, -0.1) is 17.9 Å². The number of hydrogen-bond acceptors (Lipinski definition) is 12. The molecule has 5 amide bonds. The van der Waals surface area contributed by atoms with Crippen LogP contribution in [-0.2, 0) is 33.9 Å². The number of alkyl carbamates (subject to hydrolysis) is 1. The second-order valence-corrected chi connectivity index (χ2v) is 17.6. The molecule has 0 spiro atoms. The van der Waals surface area contributed by atoms with Crippen LogP contribution in [0.4, 0.5) is 4.79 Å². The number of nitrogens with one attached hydrogen (secondary N) is 4. The van der Waals surface area contributed by atoms with Gasteiger partial charge >= 0.3 is 6.09 Å². The number of benzene rings is 1. The number of rotatable bonds is 14. The lowest BCUT2D eigenvalue weighted by atomic mass is 10.1. The molecule has 0 bridgehead atoms. The minimum absolute atomic E-state index is 0.0854. The van der Waals surface area contributed by atoms with E-state index in [1.54, 1.807) is 32.9 Å². The maximum absolute atomic E-state index is 14.4. The van der Waals surface area contributed by atoms with E-state index < -0.39 is 80.2 Å². The summed E-state index contributed by atoms with van der Waals surface area (Å²) in [6.07, 6.45) is 1.50. The first kappa shape index (κ1) is 39.3. The van der Waals surface area contributed by atoms with Crippen LogP contribution in [0.25, 0.3) is 21.6 Å². The normalized spacial score (nSPS) is 22.5. The fourth-order valence-electron chi connectivity index (χ4n) is 6.32. The third-order valence-electron chi connectivity index (χ3n) is 9.32. The number of carbonyl (C=O) groups excluding carboxylic acids is 5. The number of amides is 5. The SMILES string of the molecule is C=CC(=O)NC[C@H](NC(=O)OC(C)(C)C)C(=O)N1C[C@H](Oc2nc3ccccc3nc2-c2cccs2)C[C@H]1C(=O)N[C@]1(C(=O)NS(=O)(=O)C2CC2)CC1C=C. The van der Waals surface area contributed by atoms with Gasteiger partial charge in [0, 0.05) is 18.9 Å². The third-order valence-corrected chi connectivity index (χ3v) is 12.0. The lowest BCUT2D eigenvalue weighted by Gasteiger charge is -2.30. The Morgan fingerprint density at radius 3 is 2.38 bits per heavy atom. The van der Waals surface area contributed by atoms with E-state index in [0.717, 1.165) is 11.0 Å². The maximum Gasteiger partial charge on any atom is 0.408 e. The molecule has 1 saturated heterocycles. The van der Waals surface area contributed by atoms with Gasteiger partial charge in [0.1, 0.15) is 35.0 Å². The summed E-state index contributed by atoms with van der Waals surface area (Å²) in [4.78, 5) is 78.9. The predicted octanol–water partition coefficient (Wildman–Crippen LogP) is 2.57. The first-order valence-corrected chi connectivity index (χ1v) is 20.1. The number of ether oxygens (including phenoxy) is 2. The fraction of sp³-hybridized carbons (Fsp3) is 0.432. The highest BCUT2D eigenvalue weighted by Gasteiger charge is 2.62. The van der Waals surface area contributed by atoms with Crippen LogP contribution >= 0.6 is 11.3 Å². The monoisotopic (exact) mass is 793 g/mol. The third kappa shape index (κ3) is 8.96. The molecule has 18 heteroatoms. The molecule has 5 atom stereocenters. The summed E-state index contributed by atoms with van der Waals surface area (Å²) in [6, 6.07) is 8.25. The molecule has 16 nitrogen and oxygen atoms in total. The molecular weight excluding hydrogens is 751 g/mol. The summed E-state index contributed by atoms with van der Waals surface area (Å²) in [5, 5.41) is 8.94. The average molecular weight is 794 g/mol. The fourth-order valence-corrected chi connectivity index (χ4v) is 8.39. The molecule has 292 valence electrons. The van der Waals surface area contributed by atoms with Crippen molar-refractivity contribution in [1.29, 1.82) is 0 Å². The molecule has 55 heavy (non-hydrogen) atoms. The van der Waals surface area contributed by atoms with Gasteiger partial charge < -0.3 is 30.3 Å². The number of likely N-dealkylation sites (tertiary alicyclic amines) is 1. The lowest BCUT2D eigenvalue weighted by molar-refractivity contribution is -0.141. The van der Waals surface area contributed by atoms with E-state index in [0.29, 0.717) is 29.6 Å². The molecule has 3 aliphatic rings. The van der Waals surface area contributed by atoms with Crippen molar-refractivity contribution < 1.29 is 41.9 Å². The van der Waals surface area contributed by atoms with Crippen LogP contribution in [0.5, 0.6) is 5.88 Å². The highest BCUT2D eigenvalue weighted by Crippen LogP contribution is 2.45. The number of sulfonamides is 1. The van der Waals surface area contributed by atoms with Gasteiger partial charge in [0.25, 0.3) is 5.91 Å². The first-order chi connectivity index (χ1) is 26.0. The van der Waals surface area contributed by atoms with Crippen molar-refractivity contribution in [2.45, 2.75) is 81.0 Å². The quantitative estimate of drug-likeness (QED) is 0.138. The van der Waals surface area contributed by atoms with Gasteiger partial charge in [-0.3, -0.25) is 23.9 Å². The molecule has 2 aromatic heterocycles. The number of carbonyl (C=O) groups is 5. The van der Waals surface area contributed by atoms with E-state index >= 15 is 0 Å². The standard InChI is InChI=1S/C37H43N7O9S2/c1-6-21-18-37(21,34(48)43-55(50,51)23-14-15-23)42-31(46)27-17-22(52-32-30(28-13-10-16-54-28)39-24-11-8-9-12-25(24)40-32)20-44(27)33(47)26(19-38-29(45)7-2)41-35(49)53-36(3,4)5/h6-13,16,21-23,26-27H,1-2,14-15,17-20H2,3-5H3,(H,38,45)(H,41,49)(H,42,46)(H,43,48)/t21?,22-,26+,27+,37-/m1/s1. The van der Waals surface area contributed by atoms with E-state index in [-0.39, 0.29) is 31.8 Å². The van der Waals surface area contributed by atoms with Crippen molar-refractivity contribution in [2.75, 3.05) is 13.1 Å². The second-order valence-electron chi connectivity index (χ2n) is 14.7. The van der Waals surface area contributed by atoms with Crippen molar-refractivity contribution in [2.24, 2.45) is 5.92 Å². The Bertz CT molecular complexity index is 2130. The van der Waals surface area contributed by atoms with Crippen LogP contribution in [0.3, 0.4) is 0 Å². The van der Waals surface area contributed by atoms with E-state index in [2.05, 4.69) is 33.8 Å². The number of thiophene rings is 1. The van der Waals surface area contributed by atoms with Gasteiger partial charge in [-0.05, 0) is 69.7 Å². The Hall–Kier alpha value is -5.36. The van der Waals surface area contributed by atoms with Crippen molar-refractivity contribution >= 4 is 62.1 Å². The molecule has 1 aromatic carbocycles. The number of fused-ring (bicyclic) bond motifs is 1. The van der Waals surface area contributed by atoms with E-state index in [1.807, 2.05) is 29.6 Å². The largest absolute Gasteiger partial charge is 0.471 e. The molecule has 2 saturated carbocycles. The molecule has 6 rings (SSSR count). The van der Waals surface area contributed by atoms with Gasteiger partial charge in [0.15, 0.2) is 0 Å². The zero-order valence-corrected chi connectivity index (χ0v) is 32.2. The van der Waals surface area contributed by atoms with E-state index in [1.165, 1.54) is 22.3 Å². The van der Waals surface area contributed by atoms with Crippen LogP contribution in [-0.4, -0.2) is 101 Å². The minimum Gasteiger partial charge on any atom is -0.471 e. The van der Waals surface area contributed by atoms with Crippen molar-refractivity contribution in [3.05, 3.63) is 67.1 Å². The molecule has 1 unspecified atom stereocenters. The molecular formula is C37H43N7O9S2. The first-order valence-electron chi connectivity index (χ1n) is 17.7. The topological polar surface area (TPSA) is 215 Å². The smallest absolute Gasteiger partial charge is 0.408 e. The van der Waals surface area contributed by atoms with Crippen molar-refractivity contribution in [1.82, 2.24) is 35.5 Å². The number of para-hydroxylation sites is 2. The highest BCUT2D eigenvalue weighted by atomic mass is 32.2. The summed E-state index contributed by atoms with van der Waals surface area (Å²) in [5.74, 6) is -3.47. The van der Waals surface area contributed by atoms with Gasteiger partial charge in [-0.2, -0.15) is 0 Å². The van der Waals surface area contributed by atoms with Crippen molar-refractivity contribution in [3.8, 4) is 16.5 Å². The maximum atomic E-state index is 14.4. The van der Waals surface area contributed by atoms with Gasteiger partial charge in [-0.25, -0.2) is 23.2 Å². The van der Waals surface area contributed by atoms with Gasteiger partial charge in [0.2, 0.25) is 33.6 Å². The second kappa shape index (κ2) is 15.4. The van der Waals surface area contributed by atoms with Crippen LogP contribution in [0.15, 0.2) is 67.1 Å². The zero-order chi connectivity index (χ0) is 39.7. The summed E-state index contributed by atoms with van der Waals surface area (Å²) < 4.78 is 39.4. The predicted molar refractivity (Wildman–Crippen MR) is 203 cm³/mol. The molecule has 4 N–H and O–H groups in total. The Balaban J connectivity index is 1.32. The molecule has 3 fully saturated rings. The highest BCUT2D eigenvalue weighted by molar-refractivity contribution is 7.91. The Morgan fingerprint density at radius 2 is 1.78 bits per heavy atom. The Morgan fingerprint density at radius 1 is 1.07 bits per heavy atom. The van der Waals surface area contributed by atoms with Gasteiger partial charge in [-0.1, -0.05) is 30.9 Å². The summed E-state index contributed by atoms with van der Waals surface area (Å²) in [5.41, 5.74) is -0.917. The van der Waals surface area contributed by atoms with E-state index in [9.17, 15) is 32.4 Å². The summed E-state index contributed by atoms with van der Waals surface area (Å²) >= 11 is 1.42. The van der Waals surface area contributed by atoms with Gasteiger partial charge in [0.05, 0.1) is 27.7 Å². The van der Waals surface area contributed by atoms with Crippen LogP contribution < -0.4 is 25.4 Å². The molecule has 0 radical (unpaired) electrons. The van der Waals surface area contributed by atoms with E-state index in [4.69, 9.17) is 19.4 Å². The summed E-state index contributed by atoms with van der Waals surface area (Å²) in [7, 11) is -3.95. The Labute approximate surface area is 322 Å². The molecule has 3 aromatic rings. The van der Waals surface area contributed by atoms with Crippen LogP contribution in [0, 0.1) is 5.92 Å². The number of hydrogen-bond donors (Lipinski definition) is 4. The minimum atomic E-state index is -3.95. The average Bonchev–Trinajstić information content (AvgIpc) is 4.00. The molecule has 1 aliphatic heterocycles. The van der Waals surface area contributed by atoms with Crippen LogP contribution in [0.1, 0.15) is 46.5 Å². The Kier molecular flexibility index (Phi) is 11.0. The lowest BCUT2D eigenvalue weighted by Crippen LogP contribution is -2.59. The number of aromatic nitrogens is 2. The molecule has 2 aliphatic carbocycles.